The van der Waals surface area contributed by atoms with Gasteiger partial charge >= 0.3 is 0 Å². The number of halogens is 1. The number of hydrogen-bond acceptors (Lipinski definition) is 5. The van der Waals surface area contributed by atoms with Crippen LogP contribution in [0.3, 0.4) is 0 Å². The van der Waals surface area contributed by atoms with E-state index in [0.717, 1.165) is 22.0 Å². The lowest BCUT2D eigenvalue weighted by Crippen LogP contribution is -2.44. The van der Waals surface area contributed by atoms with E-state index < -0.39 is 31.6 Å². The molecule has 0 aromatic heterocycles. The van der Waals surface area contributed by atoms with Gasteiger partial charge in [0.25, 0.3) is 11.8 Å². The number of anilines is 3. The molecule has 0 radical (unpaired) electrons. The number of carbonyl (C=O) groups is 3. The highest BCUT2D eigenvalue weighted by Gasteiger charge is 2.66. The van der Waals surface area contributed by atoms with E-state index in [1.807, 2.05) is 91.9 Å². The number of fused-ring (bicyclic) bond motifs is 2. The van der Waals surface area contributed by atoms with Crippen molar-refractivity contribution in [1.82, 2.24) is 4.90 Å². The molecule has 242 valence electrons. The molecule has 0 unspecified atom stereocenters. The molecule has 0 bridgehead atoms. The summed E-state index contributed by atoms with van der Waals surface area (Å²) in [6, 6.07) is 26.4. The van der Waals surface area contributed by atoms with Gasteiger partial charge < -0.3 is 23.8 Å². The Labute approximate surface area is 274 Å². The molecule has 0 aliphatic carbocycles. The maximum atomic E-state index is 16.3. The third-order valence-corrected chi connectivity index (χ3v) is 12.7. The van der Waals surface area contributed by atoms with E-state index in [1.54, 1.807) is 34.8 Å². The van der Waals surface area contributed by atoms with Crippen molar-refractivity contribution in [2.24, 2.45) is 5.92 Å². The summed E-state index contributed by atoms with van der Waals surface area (Å²) in [6.45, 7) is 5.25. The van der Waals surface area contributed by atoms with Crippen molar-refractivity contribution in [3.63, 3.8) is 0 Å². The standard InChI is InChI=1S/C37H38FN3O5Si/c1-23-34(47(3,4)38)31(21-32(43)40(18-19-42)22-24-10-6-5-7-11-24)46-37(23)28-20-26(16-17-29(28)39(2)36(37)45)41-30-15-9-13-25-12-8-14-27(33(25)30)35(41)44/h5-17,20,23,31,34,42H,18-19,21-22H2,1-4H3/t23-,31+,34-,37+/m1/s1. The van der Waals surface area contributed by atoms with Gasteiger partial charge in [-0.15, -0.1) is 0 Å². The van der Waals surface area contributed by atoms with E-state index in [9.17, 15) is 19.5 Å². The van der Waals surface area contributed by atoms with Crippen LogP contribution in [-0.4, -0.2) is 62.4 Å². The first-order valence-corrected chi connectivity index (χ1v) is 19.0. The van der Waals surface area contributed by atoms with Gasteiger partial charge in [0.15, 0.2) is 5.60 Å². The second kappa shape index (κ2) is 11.4. The van der Waals surface area contributed by atoms with E-state index >= 15 is 4.11 Å². The lowest BCUT2D eigenvalue weighted by Gasteiger charge is -2.31. The summed E-state index contributed by atoms with van der Waals surface area (Å²) >= 11 is 0. The van der Waals surface area contributed by atoms with Crippen LogP contribution in [0.4, 0.5) is 21.2 Å². The molecule has 3 aliphatic heterocycles. The van der Waals surface area contributed by atoms with Crippen LogP contribution in [0.15, 0.2) is 84.9 Å². The van der Waals surface area contributed by atoms with Gasteiger partial charge in [0.05, 0.1) is 36.1 Å². The molecule has 1 N–H and O–H groups in total. The van der Waals surface area contributed by atoms with E-state index in [4.69, 9.17) is 4.74 Å². The molecule has 7 rings (SSSR count). The summed E-state index contributed by atoms with van der Waals surface area (Å²) in [5, 5.41) is 11.6. The zero-order valence-corrected chi connectivity index (χ0v) is 27.9. The first-order chi connectivity index (χ1) is 22.5. The second-order valence-corrected chi connectivity index (χ2v) is 17.2. The maximum absolute atomic E-state index is 16.3. The minimum Gasteiger partial charge on any atom is -0.395 e. The number of aliphatic hydroxyl groups excluding tert-OH is 1. The molecule has 4 aromatic carbocycles. The Bertz CT molecular complexity index is 1910. The third kappa shape index (κ3) is 4.80. The number of rotatable bonds is 8. The third-order valence-electron chi connectivity index (χ3n) is 10.2. The van der Waals surface area contributed by atoms with Crippen LogP contribution in [0.2, 0.25) is 18.6 Å². The fourth-order valence-electron chi connectivity index (χ4n) is 8.17. The van der Waals surface area contributed by atoms with E-state index in [2.05, 4.69) is 0 Å². The Morgan fingerprint density at radius 2 is 1.72 bits per heavy atom. The number of nitrogens with zero attached hydrogens (tertiary/aromatic N) is 3. The zero-order chi connectivity index (χ0) is 33.2. The summed E-state index contributed by atoms with van der Waals surface area (Å²) in [7, 11) is -1.84. The van der Waals surface area contributed by atoms with Gasteiger partial charge in [-0.3, -0.25) is 19.3 Å². The fourth-order valence-corrected chi connectivity index (χ4v) is 10.7. The minimum absolute atomic E-state index is 0.120. The van der Waals surface area contributed by atoms with Crippen LogP contribution in [0.5, 0.6) is 0 Å². The number of amides is 3. The maximum Gasteiger partial charge on any atom is 0.264 e. The molecule has 1 saturated heterocycles. The molecule has 1 spiro atoms. The van der Waals surface area contributed by atoms with Gasteiger partial charge in [-0.05, 0) is 54.4 Å². The van der Waals surface area contributed by atoms with Gasteiger partial charge in [-0.1, -0.05) is 61.5 Å². The van der Waals surface area contributed by atoms with Crippen molar-refractivity contribution in [3.05, 3.63) is 102 Å². The van der Waals surface area contributed by atoms with Crippen LogP contribution in [-0.2, 0) is 26.5 Å². The van der Waals surface area contributed by atoms with Gasteiger partial charge in [-0.25, -0.2) is 0 Å². The SMILES string of the molecule is C[C@@H]1[C@@H]([Si](C)(C)F)[C@H](CC(=O)N(CCO)Cc2ccccc2)O[C@@]12C(=O)N(C)c1ccc(N3C(=O)c4cccc5cccc3c45)cc12. The Balaban J connectivity index is 1.27. The molecule has 4 aromatic rings. The predicted octanol–water partition coefficient (Wildman–Crippen LogP) is 6.29. The van der Waals surface area contributed by atoms with Crippen molar-refractivity contribution in [2.45, 2.75) is 50.2 Å². The van der Waals surface area contributed by atoms with Crippen LogP contribution in [0.25, 0.3) is 10.8 Å². The highest BCUT2D eigenvalue weighted by atomic mass is 28.4. The first-order valence-electron chi connectivity index (χ1n) is 16.1. The normalized spacial score (nSPS) is 23.3. The molecular formula is C37H38FN3O5Si. The minimum atomic E-state index is -3.52. The molecule has 47 heavy (non-hydrogen) atoms. The highest BCUT2D eigenvalue weighted by molar-refractivity contribution is 6.72. The largest absolute Gasteiger partial charge is 0.395 e. The predicted molar refractivity (Wildman–Crippen MR) is 182 cm³/mol. The summed E-state index contributed by atoms with van der Waals surface area (Å²) in [5.74, 6) is -1.34. The molecule has 8 nitrogen and oxygen atoms in total. The lowest BCUT2D eigenvalue weighted by atomic mass is 9.82. The quantitative estimate of drug-likeness (QED) is 0.179. The van der Waals surface area contributed by atoms with Crippen molar-refractivity contribution in [2.75, 3.05) is 30.0 Å². The van der Waals surface area contributed by atoms with Gasteiger partial charge in [0.1, 0.15) is 0 Å². The summed E-state index contributed by atoms with van der Waals surface area (Å²) in [6.07, 6.45) is -0.989. The number of likely N-dealkylation sites (N-methyl/N-ethyl adjacent to an activating group) is 1. The van der Waals surface area contributed by atoms with E-state index in [0.29, 0.717) is 29.0 Å². The number of hydrogen-bond donors (Lipinski definition) is 1. The van der Waals surface area contributed by atoms with Crippen LogP contribution in [0.1, 0.15) is 34.8 Å². The molecule has 0 saturated carbocycles. The van der Waals surface area contributed by atoms with Crippen molar-refractivity contribution in [3.8, 4) is 0 Å². The summed E-state index contributed by atoms with van der Waals surface area (Å²) < 4.78 is 23.1. The molecule has 10 heteroatoms. The average molecular weight is 652 g/mol. The second-order valence-electron chi connectivity index (χ2n) is 13.4. The number of ether oxygens (including phenoxy) is 1. The Hall–Kier alpha value is -4.38. The van der Waals surface area contributed by atoms with Crippen molar-refractivity contribution in [1.29, 1.82) is 0 Å². The molecular weight excluding hydrogens is 614 g/mol. The van der Waals surface area contributed by atoms with Gasteiger partial charge in [-0.2, -0.15) is 0 Å². The Kier molecular flexibility index (Phi) is 7.57. The van der Waals surface area contributed by atoms with E-state index in [-0.39, 0.29) is 37.3 Å². The topological polar surface area (TPSA) is 90.4 Å². The van der Waals surface area contributed by atoms with Gasteiger partial charge in [0.2, 0.25) is 14.3 Å². The zero-order valence-electron chi connectivity index (χ0n) is 26.9. The van der Waals surface area contributed by atoms with Crippen molar-refractivity contribution >= 4 is 54.0 Å². The molecule has 3 amide bonds. The molecule has 3 heterocycles. The average Bonchev–Trinajstić information content (AvgIpc) is 3.59. The molecule has 3 aliphatic rings. The lowest BCUT2D eigenvalue weighted by molar-refractivity contribution is -0.149. The van der Waals surface area contributed by atoms with Crippen LogP contribution < -0.4 is 9.80 Å². The van der Waals surface area contributed by atoms with E-state index in [1.165, 1.54) is 0 Å². The summed E-state index contributed by atoms with van der Waals surface area (Å²) in [4.78, 5) is 46.7. The number of carbonyl (C=O) groups excluding carboxylic acids is 3. The highest BCUT2D eigenvalue weighted by Crippen LogP contribution is 2.60. The smallest absolute Gasteiger partial charge is 0.264 e. The summed E-state index contributed by atoms with van der Waals surface area (Å²) in [5.41, 5.74) is 1.86. The molecule has 1 fully saturated rings. The van der Waals surface area contributed by atoms with Crippen LogP contribution in [0, 0.1) is 5.92 Å². The Morgan fingerprint density at radius 1 is 1.00 bits per heavy atom. The van der Waals surface area contributed by atoms with Crippen LogP contribution >= 0.6 is 0 Å². The fraction of sp³-hybridized carbons (Fsp3) is 0.324. The first kappa shape index (κ1) is 31.2. The molecule has 4 atom stereocenters. The monoisotopic (exact) mass is 651 g/mol. The Morgan fingerprint density at radius 3 is 2.43 bits per heavy atom. The van der Waals surface area contributed by atoms with Crippen molar-refractivity contribution < 1.29 is 28.3 Å². The number of benzene rings is 4. The van der Waals surface area contributed by atoms with Gasteiger partial charge in [0, 0.05) is 48.2 Å². The number of aliphatic hydroxyl groups is 1.